The molecule has 0 radical (unpaired) electrons. The van der Waals surface area contributed by atoms with Crippen LogP contribution in [0.15, 0.2) is 42.7 Å². The second-order valence-electron chi connectivity index (χ2n) is 8.00. The minimum Gasteiger partial charge on any atom is -0.497 e. The Morgan fingerprint density at radius 2 is 1.91 bits per heavy atom. The van der Waals surface area contributed by atoms with E-state index in [1.165, 1.54) is 44.7 Å². The number of benzene rings is 1. The van der Waals surface area contributed by atoms with E-state index in [0.717, 1.165) is 12.3 Å². The van der Waals surface area contributed by atoms with Crippen LogP contribution in [0.3, 0.4) is 0 Å². The fourth-order valence-electron chi connectivity index (χ4n) is 4.08. The molecule has 176 valence electrons. The van der Waals surface area contributed by atoms with E-state index in [1.54, 1.807) is 6.92 Å². The molecule has 2 heterocycles. The molecule has 1 aliphatic rings. The number of hydrogen-bond acceptors (Lipinski definition) is 7. The number of pyridine rings is 1. The molecule has 34 heavy (non-hydrogen) atoms. The van der Waals surface area contributed by atoms with Crippen molar-refractivity contribution in [3.05, 3.63) is 77.0 Å². The number of aryl methyl sites for hydroxylation is 1. The van der Waals surface area contributed by atoms with Gasteiger partial charge in [0.15, 0.2) is 5.78 Å². The van der Waals surface area contributed by atoms with E-state index in [0.29, 0.717) is 17.1 Å². The zero-order valence-corrected chi connectivity index (χ0v) is 18.8. The summed E-state index contributed by atoms with van der Waals surface area (Å²) in [5.41, 5.74) is -0.522. The quantitative estimate of drug-likeness (QED) is 0.506. The highest BCUT2D eigenvalue weighted by molar-refractivity contribution is 6.12. The number of hydrogen-bond donors (Lipinski definition) is 1. The van der Waals surface area contributed by atoms with Gasteiger partial charge >= 0.3 is 0 Å². The van der Waals surface area contributed by atoms with Crippen LogP contribution in [0.4, 0.5) is 14.6 Å². The molecule has 1 saturated carbocycles. The summed E-state index contributed by atoms with van der Waals surface area (Å²) in [6.45, 7) is 1.74. The number of Topliss-reactive ketones (excluding diaryl/α,β-unsaturated/α-hetero) is 1. The van der Waals surface area contributed by atoms with Gasteiger partial charge in [0.1, 0.15) is 29.0 Å². The molecular formula is C24H22F2N4O4. The number of ketones is 1. The zero-order valence-electron chi connectivity index (χ0n) is 18.8. The lowest BCUT2D eigenvalue weighted by atomic mass is 9.84. The SMILES string of the molecule is COCc1nc(C)ncc1C(=O)[C@@]1(c2cc(F)cc(OC)c2)C[C@H]1C(=O)Nc1ccc(F)cn1. The lowest BCUT2D eigenvalue weighted by Crippen LogP contribution is -2.30. The molecule has 4 rings (SSSR count). The molecule has 10 heteroatoms. The minimum atomic E-state index is -1.37. The molecular weight excluding hydrogens is 446 g/mol. The molecule has 0 saturated heterocycles. The molecule has 1 aromatic carbocycles. The van der Waals surface area contributed by atoms with Gasteiger partial charge < -0.3 is 14.8 Å². The number of ether oxygens (including phenoxy) is 2. The Kier molecular flexibility index (Phi) is 6.34. The Labute approximate surface area is 194 Å². The summed E-state index contributed by atoms with van der Waals surface area (Å²) in [7, 11) is 2.86. The van der Waals surface area contributed by atoms with Crippen LogP contribution in [0.25, 0.3) is 0 Å². The van der Waals surface area contributed by atoms with Gasteiger partial charge in [-0.15, -0.1) is 0 Å². The third kappa shape index (κ3) is 4.36. The lowest BCUT2D eigenvalue weighted by Gasteiger charge is -2.19. The van der Waals surface area contributed by atoms with Crippen molar-refractivity contribution in [2.75, 3.05) is 19.5 Å². The van der Waals surface area contributed by atoms with Crippen LogP contribution in [0.5, 0.6) is 5.75 Å². The summed E-state index contributed by atoms with van der Waals surface area (Å²) in [6.07, 6.45) is 2.48. The third-order valence-corrected chi connectivity index (χ3v) is 5.80. The van der Waals surface area contributed by atoms with E-state index in [-0.39, 0.29) is 30.2 Å². The molecule has 2 atom stereocenters. The van der Waals surface area contributed by atoms with Crippen molar-refractivity contribution >= 4 is 17.5 Å². The molecule has 3 aromatic rings. The van der Waals surface area contributed by atoms with Crippen LogP contribution >= 0.6 is 0 Å². The first-order valence-electron chi connectivity index (χ1n) is 10.4. The first-order chi connectivity index (χ1) is 16.3. The Bertz CT molecular complexity index is 1250. The van der Waals surface area contributed by atoms with Gasteiger partial charge in [-0.05, 0) is 43.2 Å². The van der Waals surface area contributed by atoms with Crippen molar-refractivity contribution in [2.45, 2.75) is 25.4 Å². The summed E-state index contributed by atoms with van der Waals surface area (Å²) < 4.78 is 38.0. The summed E-state index contributed by atoms with van der Waals surface area (Å²) in [5.74, 6) is -2.12. The van der Waals surface area contributed by atoms with Crippen LogP contribution in [0, 0.1) is 24.5 Å². The van der Waals surface area contributed by atoms with E-state index in [1.807, 2.05) is 0 Å². The summed E-state index contributed by atoms with van der Waals surface area (Å²) >= 11 is 0. The fourth-order valence-corrected chi connectivity index (χ4v) is 4.08. The monoisotopic (exact) mass is 468 g/mol. The number of anilines is 1. The number of methoxy groups -OCH3 is 2. The highest BCUT2D eigenvalue weighted by Crippen LogP contribution is 2.57. The Balaban J connectivity index is 1.76. The standard InChI is InChI=1S/C24H22F2N4O4/c1-13-27-11-18(20(29-13)12-33-2)22(31)24(14-6-16(26)8-17(7-14)34-3)9-19(24)23(32)30-21-5-4-15(25)10-28-21/h4-8,10-11,19H,9,12H2,1-3H3,(H,28,30,32)/t19-,24+/m0/s1. The average molecular weight is 468 g/mol. The largest absolute Gasteiger partial charge is 0.497 e. The second-order valence-corrected chi connectivity index (χ2v) is 8.00. The number of nitrogens with one attached hydrogen (secondary N) is 1. The maximum absolute atomic E-state index is 14.4. The molecule has 0 bridgehead atoms. The molecule has 1 N–H and O–H groups in total. The number of nitrogens with zero attached hydrogens (tertiary/aromatic N) is 3. The number of carbonyl (C=O) groups is 2. The summed E-state index contributed by atoms with van der Waals surface area (Å²) in [6, 6.07) is 6.41. The van der Waals surface area contributed by atoms with Gasteiger partial charge in [-0.1, -0.05) is 0 Å². The number of aromatic nitrogens is 3. The number of rotatable bonds is 8. The van der Waals surface area contributed by atoms with Gasteiger partial charge in [0.05, 0.1) is 42.5 Å². The number of halogens is 2. The van der Waals surface area contributed by atoms with E-state index in [4.69, 9.17) is 9.47 Å². The molecule has 1 amide bonds. The molecule has 0 aliphatic heterocycles. The summed E-state index contributed by atoms with van der Waals surface area (Å²) in [4.78, 5) is 39.3. The maximum atomic E-state index is 14.4. The topological polar surface area (TPSA) is 103 Å². The zero-order chi connectivity index (χ0) is 24.5. The van der Waals surface area contributed by atoms with Gasteiger partial charge in [0, 0.05) is 19.4 Å². The van der Waals surface area contributed by atoms with E-state index >= 15 is 0 Å². The first kappa shape index (κ1) is 23.4. The van der Waals surface area contributed by atoms with Crippen molar-refractivity contribution in [2.24, 2.45) is 5.92 Å². The third-order valence-electron chi connectivity index (χ3n) is 5.80. The normalized spacial score (nSPS) is 18.9. The number of amides is 1. The molecule has 1 fully saturated rings. The smallest absolute Gasteiger partial charge is 0.230 e. The van der Waals surface area contributed by atoms with Crippen LogP contribution in [0.1, 0.15) is 33.9 Å². The van der Waals surface area contributed by atoms with Crippen molar-refractivity contribution in [1.82, 2.24) is 15.0 Å². The van der Waals surface area contributed by atoms with E-state index in [2.05, 4.69) is 20.3 Å². The predicted octanol–water partition coefficient (Wildman–Crippen LogP) is 3.39. The van der Waals surface area contributed by atoms with E-state index < -0.39 is 34.7 Å². The Morgan fingerprint density at radius 1 is 1.12 bits per heavy atom. The fraction of sp³-hybridized carbons (Fsp3) is 0.292. The van der Waals surface area contributed by atoms with Gasteiger partial charge in [-0.25, -0.2) is 23.7 Å². The van der Waals surface area contributed by atoms with Crippen molar-refractivity contribution in [1.29, 1.82) is 0 Å². The van der Waals surface area contributed by atoms with E-state index in [9.17, 15) is 18.4 Å². The van der Waals surface area contributed by atoms with Crippen molar-refractivity contribution in [3.8, 4) is 5.75 Å². The summed E-state index contributed by atoms with van der Waals surface area (Å²) in [5, 5.41) is 2.60. The lowest BCUT2D eigenvalue weighted by molar-refractivity contribution is -0.117. The Hall–Kier alpha value is -3.79. The highest BCUT2D eigenvalue weighted by atomic mass is 19.1. The molecule has 0 spiro atoms. The van der Waals surface area contributed by atoms with Crippen LogP contribution in [-0.2, 0) is 21.6 Å². The van der Waals surface area contributed by atoms with Gasteiger partial charge in [-0.3, -0.25) is 9.59 Å². The highest BCUT2D eigenvalue weighted by Gasteiger charge is 2.65. The van der Waals surface area contributed by atoms with Gasteiger partial charge in [0.2, 0.25) is 5.91 Å². The second kappa shape index (κ2) is 9.22. The minimum absolute atomic E-state index is 0.0589. The van der Waals surface area contributed by atoms with Gasteiger partial charge in [0.25, 0.3) is 0 Å². The van der Waals surface area contributed by atoms with Gasteiger partial charge in [-0.2, -0.15) is 0 Å². The van der Waals surface area contributed by atoms with Crippen LogP contribution < -0.4 is 10.1 Å². The predicted molar refractivity (Wildman–Crippen MR) is 117 cm³/mol. The average Bonchev–Trinajstić information content (AvgIpc) is 3.57. The molecule has 2 aromatic heterocycles. The molecule has 8 nitrogen and oxygen atoms in total. The Morgan fingerprint density at radius 3 is 2.59 bits per heavy atom. The number of carbonyl (C=O) groups excluding carboxylic acids is 2. The molecule has 1 aliphatic carbocycles. The maximum Gasteiger partial charge on any atom is 0.230 e. The first-order valence-corrected chi connectivity index (χ1v) is 10.4. The van der Waals surface area contributed by atoms with Crippen LogP contribution in [0.2, 0.25) is 0 Å². The van der Waals surface area contributed by atoms with Crippen LogP contribution in [-0.4, -0.2) is 40.9 Å². The van der Waals surface area contributed by atoms with Crippen molar-refractivity contribution < 1.29 is 27.8 Å². The molecule has 0 unspecified atom stereocenters. The van der Waals surface area contributed by atoms with Crippen molar-refractivity contribution in [3.63, 3.8) is 0 Å².